The highest BCUT2D eigenvalue weighted by Crippen LogP contribution is 2.15. The summed E-state index contributed by atoms with van der Waals surface area (Å²) in [7, 11) is 0. The number of nitrogens with zero attached hydrogens (tertiary/aromatic N) is 1. The highest BCUT2D eigenvalue weighted by atomic mass is 16.6. The van der Waals surface area contributed by atoms with Crippen molar-refractivity contribution in [2.24, 2.45) is 0 Å². The van der Waals surface area contributed by atoms with Crippen LogP contribution in [0.15, 0.2) is 24.3 Å². The molecule has 7 heteroatoms. The molecule has 0 bridgehead atoms. The summed E-state index contributed by atoms with van der Waals surface area (Å²) in [6.45, 7) is 1.68. The van der Waals surface area contributed by atoms with E-state index in [1.165, 1.54) is 24.3 Å². The molecular formula is C10H10N2O5. The average Bonchev–Trinajstić information content (AvgIpc) is 2.30. The number of hydrogen-bond acceptors (Lipinski definition) is 5. The molecule has 0 aromatic heterocycles. The van der Waals surface area contributed by atoms with Crippen molar-refractivity contribution in [1.29, 1.82) is 0 Å². The van der Waals surface area contributed by atoms with Crippen LogP contribution in [0.2, 0.25) is 0 Å². The fourth-order valence-electron chi connectivity index (χ4n) is 1.05. The topological polar surface area (TPSA) is 98.5 Å². The number of nitro benzene ring substituents is 1. The van der Waals surface area contributed by atoms with E-state index in [0.29, 0.717) is 0 Å². The lowest BCUT2D eigenvalue weighted by molar-refractivity contribution is -0.384. The van der Waals surface area contributed by atoms with Crippen molar-refractivity contribution in [3.05, 3.63) is 34.4 Å². The number of benzene rings is 1. The normalized spacial score (nSPS) is 9.47. The molecule has 0 fully saturated rings. The van der Waals surface area contributed by atoms with Gasteiger partial charge in [0.2, 0.25) is 0 Å². The van der Waals surface area contributed by atoms with Gasteiger partial charge in [0.1, 0.15) is 0 Å². The Bertz CT molecular complexity index is 441. The van der Waals surface area contributed by atoms with Crippen molar-refractivity contribution >= 4 is 23.3 Å². The second-order valence-corrected chi connectivity index (χ2v) is 2.98. The summed E-state index contributed by atoms with van der Waals surface area (Å²) < 4.78 is 4.48. The summed E-state index contributed by atoms with van der Waals surface area (Å²) in [6, 6.07) is 5.10. The van der Waals surface area contributed by atoms with E-state index in [1.54, 1.807) is 6.92 Å². The fourth-order valence-corrected chi connectivity index (χ4v) is 1.05. The standard InChI is InChI=1S/C10H10N2O5/c1-2-17-10(14)9(13)11-7-3-5-8(6-4-7)12(15)16/h3-6H,2H2,1H3,(H,11,13). The fraction of sp³-hybridized carbons (Fsp3) is 0.200. The quantitative estimate of drug-likeness (QED) is 0.368. The molecule has 0 aliphatic heterocycles. The van der Waals surface area contributed by atoms with E-state index in [1.807, 2.05) is 0 Å². The molecule has 1 aromatic rings. The Balaban J connectivity index is 2.66. The number of hydrogen-bond donors (Lipinski definition) is 1. The predicted octanol–water partition coefficient (Wildman–Crippen LogP) is 1.10. The molecule has 0 heterocycles. The Kier molecular flexibility index (Phi) is 4.15. The van der Waals surface area contributed by atoms with Gasteiger partial charge in [-0.05, 0) is 19.1 Å². The zero-order valence-electron chi connectivity index (χ0n) is 9.00. The number of rotatable bonds is 3. The number of anilines is 1. The first-order chi connectivity index (χ1) is 8.04. The largest absolute Gasteiger partial charge is 0.459 e. The van der Waals surface area contributed by atoms with Gasteiger partial charge < -0.3 is 10.1 Å². The second-order valence-electron chi connectivity index (χ2n) is 2.98. The van der Waals surface area contributed by atoms with Crippen molar-refractivity contribution in [2.75, 3.05) is 11.9 Å². The molecule has 1 aromatic carbocycles. The van der Waals surface area contributed by atoms with Gasteiger partial charge in [-0.15, -0.1) is 0 Å². The first kappa shape index (κ1) is 12.6. The maximum atomic E-state index is 11.2. The zero-order chi connectivity index (χ0) is 12.8. The van der Waals surface area contributed by atoms with Gasteiger partial charge in [0.15, 0.2) is 0 Å². The lowest BCUT2D eigenvalue weighted by Crippen LogP contribution is -2.24. The molecule has 1 amide bonds. The van der Waals surface area contributed by atoms with E-state index in [4.69, 9.17) is 0 Å². The van der Waals surface area contributed by atoms with Crippen molar-refractivity contribution in [3.8, 4) is 0 Å². The first-order valence-electron chi connectivity index (χ1n) is 4.77. The lowest BCUT2D eigenvalue weighted by atomic mass is 10.3. The zero-order valence-corrected chi connectivity index (χ0v) is 9.00. The van der Waals surface area contributed by atoms with Gasteiger partial charge in [0.05, 0.1) is 11.5 Å². The molecule has 0 aliphatic carbocycles. The van der Waals surface area contributed by atoms with Gasteiger partial charge in [-0.25, -0.2) is 4.79 Å². The van der Waals surface area contributed by atoms with E-state index >= 15 is 0 Å². The summed E-state index contributed by atoms with van der Waals surface area (Å²) in [4.78, 5) is 32.0. The Morgan fingerprint density at radius 1 is 1.35 bits per heavy atom. The van der Waals surface area contributed by atoms with Crippen LogP contribution in [0.5, 0.6) is 0 Å². The monoisotopic (exact) mass is 238 g/mol. The molecule has 0 spiro atoms. The van der Waals surface area contributed by atoms with Crippen LogP contribution < -0.4 is 5.32 Å². The lowest BCUT2D eigenvalue weighted by Gasteiger charge is -2.03. The number of nitro groups is 1. The highest BCUT2D eigenvalue weighted by molar-refractivity contribution is 6.37. The van der Waals surface area contributed by atoms with Crippen LogP contribution in [-0.2, 0) is 14.3 Å². The number of esters is 1. The SMILES string of the molecule is CCOC(=O)C(=O)Nc1ccc([N+](=O)[O-])cc1. The highest BCUT2D eigenvalue weighted by Gasteiger charge is 2.15. The second kappa shape index (κ2) is 5.59. The van der Waals surface area contributed by atoms with Gasteiger partial charge in [-0.3, -0.25) is 14.9 Å². The maximum Gasteiger partial charge on any atom is 0.397 e. The van der Waals surface area contributed by atoms with Crippen LogP contribution in [0.25, 0.3) is 0 Å². The van der Waals surface area contributed by atoms with Crippen LogP contribution in [0.4, 0.5) is 11.4 Å². The number of amides is 1. The van der Waals surface area contributed by atoms with Gasteiger partial charge in [0, 0.05) is 17.8 Å². The van der Waals surface area contributed by atoms with Crippen LogP contribution in [-0.4, -0.2) is 23.4 Å². The minimum atomic E-state index is -0.995. The Labute approximate surface area is 96.5 Å². The van der Waals surface area contributed by atoms with Gasteiger partial charge in [0.25, 0.3) is 5.69 Å². The number of nitrogens with one attached hydrogen (secondary N) is 1. The van der Waals surface area contributed by atoms with Crippen molar-refractivity contribution in [2.45, 2.75) is 6.92 Å². The Morgan fingerprint density at radius 3 is 2.41 bits per heavy atom. The summed E-state index contributed by atoms with van der Waals surface area (Å²) in [5, 5.41) is 12.6. The number of carbonyl (C=O) groups excluding carboxylic acids is 2. The van der Waals surface area contributed by atoms with Crippen molar-refractivity contribution in [3.63, 3.8) is 0 Å². The number of non-ortho nitro benzene ring substituents is 1. The van der Waals surface area contributed by atoms with E-state index in [0.717, 1.165) is 0 Å². The van der Waals surface area contributed by atoms with Gasteiger partial charge >= 0.3 is 11.9 Å². The van der Waals surface area contributed by atoms with Gasteiger partial charge in [-0.1, -0.05) is 0 Å². The van der Waals surface area contributed by atoms with Crippen LogP contribution in [0, 0.1) is 10.1 Å². The molecule has 1 rings (SSSR count). The van der Waals surface area contributed by atoms with E-state index in [-0.39, 0.29) is 18.0 Å². The molecule has 0 saturated carbocycles. The Morgan fingerprint density at radius 2 is 1.94 bits per heavy atom. The first-order valence-corrected chi connectivity index (χ1v) is 4.77. The third kappa shape index (κ3) is 3.56. The predicted molar refractivity (Wildman–Crippen MR) is 58.4 cm³/mol. The molecular weight excluding hydrogens is 228 g/mol. The van der Waals surface area contributed by atoms with Crippen LogP contribution in [0.3, 0.4) is 0 Å². The third-order valence-electron chi connectivity index (χ3n) is 1.80. The van der Waals surface area contributed by atoms with Crippen molar-refractivity contribution in [1.82, 2.24) is 0 Å². The molecule has 0 unspecified atom stereocenters. The maximum absolute atomic E-state index is 11.2. The molecule has 17 heavy (non-hydrogen) atoms. The molecule has 0 radical (unpaired) electrons. The molecule has 90 valence electrons. The summed E-state index contributed by atoms with van der Waals surface area (Å²) in [5.41, 5.74) is 0.188. The molecule has 1 N–H and O–H groups in total. The minimum absolute atomic E-state index is 0.0980. The van der Waals surface area contributed by atoms with Crippen molar-refractivity contribution < 1.29 is 19.2 Å². The molecule has 0 saturated heterocycles. The van der Waals surface area contributed by atoms with E-state index in [9.17, 15) is 19.7 Å². The number of ether oxygens (including phenoxy) is 1. The van der Waals surface area contributed by atoms with E-state index < -0.39 is 16.8 Å². The van der Waals surface area contributed by atoms with Crippen LogP contribution in [0.1, 0.15) is 6.92 Å². The Hall–Kier alpha value is -2.44. The van der Waals surface area contributed by atoms with Gasteiger partial charge in [-0.2, -0.15) is 0 Å². The smallest absolute Gasteiger partial charge is 0.397 e. The van der Waals surface area contributed by atoms with Crippen LogP contribution >= 0.6 is 0 Å². The molecule has 7 nitrogen and oxygen atoms in total. The summed E-state index contributed by atoms with van der Waals surface area (Å²) in [5.74, 6) is -1.91. The number of carbonyl (C=O) groups is 2. The summed E-state index contributed by atoms with van der Waals surface area (Å²) >= 11 is 0. The van der Waals surface area contributed by atoms with E-state index in [2.05, 4.69) is 10.1 Å². The third-order valence-corrected chi connectivity index (χ3v) is 1.80. The minimum Gasteiger partial charge on any atom is -0.459 e. The summed E-state index contributed by atoms with van der Waals surface area (Å²) in [6.07, 6.45) is 0. The molecule has 0 atom stereocenters. The molecule has 0 aliphatic rings. The average molecular weight is 238 g/mol.